The molecule has 0 saturated heterocycles. The van der Waals surface area contributed by atoms with Gasteiger partial charge in [0.2, 0.25) is 0 Å². The van der Waals surface area contributed by atoms with Crippen molar-refractivity contribution in [2.75, 3.05) is 6.54 Å². The van der Waals surface area contributed by atoms with Crippen LogP contribution in [0.5, 0.6) is 0 Å². The maximum Gasteiger partial charge on any atom is 0.317 e. The summed E-state index contributed by atoms with van der Waals surface area (Å²) in [6.07, 6.45) is 4.03. The van der Waals surface area contributed by atoms with E-state index in [2.05, 4.69) is 0 Å². The third kappa shape index (κ3) is 3.54. The molecule has 0 spiro atoms. The highest BCUT2D eigenvalue weighted by molar-refractivity contribution is 5.69. The van der Waals surface area contributed by atoms with E-state index in [0.29, 0.717) is 5.56 Å². The molecule has 2 rings (SSSR count). The molecule has 1 aromatic carbocycles. The lowest BCUT2D eigenvalue weighted by Gasteiger charge is -2.33. The number of nitrogens with zero attached hydrogens (tertiary/aromatic N) is 1. The predicted octanol–water partition coefficient (Wildman–Crippen LogP) is 3.36. The highest BCUT2D eigenvalue weighted by Gasteiger charge is 2.29. The monoisotopic (exact) mass is 283 g/mol. The van der Waals surface area contributed by atoms with Crippen LogP contribution in [0.15, 0.2) is 18.2 Å². The summed E-state index contributed by atoms with van der Waals surface area (Å²) in [7, 11) is 0. The van der Waals surface area contributed by atoms with Crippen LogP contribution in [-0.2, 0) is 4.79 Å². The first-order valence-electron chi connectivity index (χ1n) is 6.91. The predicted molar refractivity (Wildman–Crippen MR) is 71.4 cm³/mol. The van der Waals surface area contributed by atoms with Crippen LogP contribution in [-0.4, -0.2) is 28.6 Å². The lowest BCUT2D eigenvalue weighted by molar-refractivity contribution is -0.139. The van der Waals surface area contributed by atoms with E-state index in [0.717, 1.165) is 31.7 Å². The standard InChI is InChI=1S/C15H19F2NO2/c1-10(11-6-12(16)8-13(17)7-11)18(9-15(19)20)14-4-2-3-5-14/h6-8,10,14H,2-5,9H2,1H3,(H,19,20). The second-order valence-electron chi connectivity index (χ2n) is 5.38. The maximum absolute atomic E-state index is 13.3. The summed E-state index contributed by atoms with van der Waals surface area (Å²) >= 11 is 0. The number of carboxylic acids is 1. The molecule has 110 valence electrons. The summed E-state index contributed by atoms with van der Waals surface area (Å²) in [6, 6.07) is 3.23. The summed E-state index contributed by atoms with van der Waals surface area (Å²) in [6.45, 7) is 1.69. The minimum absolute atomic E-state index is 0.107. The first kappa shape index (κ1) is 14.9. The number of aliphatic carboxylic acids is 1. The Hall–Kier alpha value is -1.49. The van der Waals surface area contributed by atoms with Crippen LogP contribution in [0.3, 0.4) is 0 Å². The van der Waals surface area contributed by atoms with Crippen molar-refractivity contribution in [3.05, 3.63) is 35.4 Å². The zero-order valence-electron chi connectivity index (χ0n) is 11.5. The van der Waals surface area contributed by atoms with Crippen molar-refractivity contribution in [1.82, 2.24) is 4.90 Å². The van der Waals surface area contributed by atoms with Gasteiger partial charge in [-0.2, -0.15) is 0 Å². The van der Waals surface area contributed by atoms with Gasteiger partial charge in [-0.25, -0.2) is 8.78 Å². The average molecular weight is 283 g/mol. The molecule has 5 heteroatoms. The van der Waals surface area contributed by atoms with Crippen LogP contribution in [0.2, 0.25) is 0 Å². The fraction of sp³-hybridized carbons (Fsp3) is 0.533. The summed E-state index contributed by atoms with van der Waals surface area (Å²) in [4.78, 5) is 12.9. The lowest BCUT2D eigenvalue weighted by atomic mass is 10.0. The van der Waals surface area contributed by atoms with Crippen LogP contribution in [0.1, 0.15) is 44.2 Å². The Labute approximate surface area is 117 Å². The van der Waals surface area contributed by atoms with E-state index in [4.69, 9.17) is 5.11 Å². The molecule has 1 saturated carbocycles. The van der Waals surface area contributed by atoms with Crippen molar-refractivity contribution in [3.63, 3.8) is 0 Å². The smallest absolute Gasteiger partial charge is 0.317 e. The fourth-order valence-corrected chi connectivity index (χ4v) is 2.98. The molecule has 0 heterocycles. The minimum Gasteiger partial charge on any atom is -0.480 e. The van der Waals surface area contributed by atoms with Crippen molar-refractivity contribution in [2.24, 2.45) is 0 Å². The van der Waals surface area contributed by atoms with E-state index in [1.165, 1.54) is 12.1 Å². The topological polar surface area (TPSA) is 40.5 Å². The van der Waals surface area contributed by atoms with Gasteiger partial charge < -0.3 is 5.11 Å². The zero-order chi connectivity index (χ0) is 14.7. The molecule has 0 aromatic heterocycles. The molecule has 1 aromatic rings. The number of hydrogen-bond acceptors (Lipinski definition) is 2. The Kier molecular flexibility index (Phi) is 4.70. The zero-order valence-corrected chi connectivity index (χ0v) is 11.5. The first-order chi connectivity index (χ1) is 9.47. The molecule has 0 bridgehead atoms. The minimum atomic E-state index is -0.916. The Balaban J connectivity index is 2.24. The molecule has 0 radical (unpaired) electrons. The van der Waals surface area contributed by atoms with Gasteiger partial charge >= 0.3 is 5.97 Å². The number of hydrogen-bond donors (Lipinski definition) is 1. The quantitative estimate of drug-likeness (QED) is 0.901. The summed E-state index contributed by atoms with van der Waals surface area (Å²) in [5, 5.41) is 9.06. The van der Waals surface area contributed by atoms with Crippen molar-refractivity contribution in [2.45, 2.75) is 44.7 Å². The summed E-state index contributed by atoms with van der Waals surface area (Å²) < 4.78 is 26.6. The molecule has 1 aliphatic carbocycles. The third-order valence-corrected chi connectivity index (χ3v) is 3.98. The van der Waals surface area contributed by atoms with Gasteiger partial charge in [0, 0.05) is 18.2 Å². The molecule has 0 aliphatic heterocycles. The van der Waals surface area contributed by atoms with Gasteiger partial charge in [-0.05, 0) is 37.5 Å². The normalized spacial score (nSPS) is 17.6. The number of benzene rings is 1. The van der Waals surface area contributed by atoms with E-state index in [9.17, 15) is 13.6 Å². The Morgan fingerprint density at radius 3 is 2.35 bits per heavy atom. The molecule has 1 unspecified atom stereocenters. The Bertz CT molecular complexity index is 467. The van der Waals surface area contributed by atoms with Crippen molar-refractivity contribution >= 4 is 5.97 Å². The van der Waals surface area contributed by atoms with Crippen LogP contribution in [0.4, 0.5) is 8.78 Å². The van der Waals surface area contributed by atoms with Crippen molar-refractivity contribution in [1.29, 1.82) is 0 Å². The van der Waals surface area contributed by atoms with Gasteiger partial charge in [0.25, 0.3) is 0 Å². The van der Waals surface area contributed by atoms with E-state index < -0.39 is 17.6 Å². The van der Waals surface area contributed by atoms with Crippen LogP contribution in [0.25, 0.3) is 0 Å². The molecule has 1 atom stereocenters. The molecule has 1 N–H and O–H groups in total. The number of carbonyl (C=O) groups is 1. The Morgan fingerprint density at radius 1 is 1.30 bits per heavy atom. The Morgan fingerprint density at radius 2 is 1.85 bits per heavy atom. The lowest BCUT2D eigenvalue weighted by Crippen LogP contribution is -2.39. The maximum atomic E-state index is 13.3. The van der Waals surface area contributed by atoms with Crippen LogP contribution >= 0.6 is 0 Å². The van der Waals surface area contributed by atoms with Gasteiger partial charge in [-0.3, -0.25) is 9.69 Å². The van der Waals surface area contributed by atoms with Gasteiger partial charge in [-0.15, -0.1) is 0 Å². The average Bonchev–Trinajstić information content (AvgIpc) is 2.87. The second-order valence-corrected chi connectivity index (χ2v) is 5.38. The molecule has 0 amide bonds. The van der Waals surface area contributed by atoms with E-state index >= 15 is 0 Å². The highest BCUT2D eigenvalue weighted by Crippen LogP contribution is 2.31. The molecule has 1 fully saturated rings. The number of rotatable bonds is 5. The molecular weight excluding hydrogens is 264 g/mol. The largest absolute Gasteiger partial charge is 0.480 e. The molecule has 3 nitrogen and oxygen atoms in total. The van der Waals surface area contributed by atoms with Gasteiger partial charge in [0.05, 0.1) is 6.54 Å². The molecule has 20 heavy (non-hydrogen) atoms. The van der Waals surface area contributed by atoms with Gasteiger partial charge in [0.1, 0.15) is 11.6 Å². The first-order valence-corrected chi connectivity index (χ1v) is 6.91. The van der Waals surface area contributed by atoms with Crippen molar-refractivity contribution in [3.8, 4) is 0 Å². The van der Waals surface area contributed by atoms with Crippen LogP contribution < -0.4 is 0 Å². The van der Waals surface area contributed by atoms with E-state index in [-0.39, 0.29) is 18.6 Å². The number of halogens is 2. The van der Waals surface area contributed by atoms with E-state index in [1.807, 2.05) is 4.90 Å². The van der Waals surface area contributed by atoms with E-state index in [1.54, 1.807) is 6.92 Å². The third-order valence-electron chi connectivity index (χ3n) is 3.98. The summed E-state index contributed by atoms with van der Waals surface area (Å²) in [5.74, 6) is -2.18. The number of carboxylic acid groups (broad SMARTS) is 1. The fourth-order valence-electron chi connectivity index (χ4n) is 2.98. The van der Waals surface area contributed by atoms with Gasteiger partial charge in [-0.1, -0.05) is 12.8 Å². The SMILES string of the molecule is CC(c1cc(F)cc(F)c1)N(CC(=O)O)C1CCCC1. The van der Waals surface area contributed by atoms with Crippen molar-refractivity contribution < 1.29 is 18.7 Å². The van der Waals surface area contributed by atoms with Crippen LogP contribution in [0, 0.1) is 11.6 Å². The molecule has 1 aliphatic rings. The summed E-state index contributed by atoms with van der Waals surface area (Å²) in [5.41, 5.74) is 0.482. The molecular formula is C15H19F2NO2. The van der Waals surface area contributed by atoms with Gasteiger partial charge in [0.15, 0.2) is 0 Å². The second kappa shape index (κ2) is 6.31. The highest BCUT2D eigenvalue weighted by atomic mass is 19.1.